The number of Topliss-reactive ketones (excluding diaryl/α,β-unsaturated/α-hetero) is 1. The Morgan fingerprint density at radius 3 is 2.63 bits per heavy atom. The van der Waals surface area contributed by atoms with E-state index in [2.05, 4.69) is 4.98 Å². The first-order chi connectivity index (χ1) is 13.0. The number of pyridine rings is 1. The highest BCUT2D eigenvalue weighted by Crippen LogP contribution is 2.28. The summed E-state index contributed by atoms with van der Waals surface area (Å²) in [4.78, 5) is 28.9. The van der Waals surface area contributed by atoms with E-state index in [-0.39, 0.29) is 24.4 Å². The lowest BCUT2D eigenvalue weighted by Crippen LogP contribution is -2.20. The minimum atomic E-state index is -0.964. The molecular formula is C22H20FNO3. The zero-order valence-electron chi connectivity index (χ0n) is 15.2. The first kappa shape index (κ1) is 18.7. The average Bonchev–Trinajstić information content (AvgIpc) is 2.66. The number of rotatable bonds is 6. The van der Waals surface area contributed by atoms with Gasteiger partial charge >= 0.3 is 5.97 Å². The van der Waals surface area contributed by atoms with Crippen LogP contribution in [0.4, 0.5) is 4.39 Å². The van der Waals surface area contributed by atoms with Gasteiger partial charge in [-0.05, 0) is 36.8 Å². The number of nitrogens with zero attached hydrogens (tertiary/aromatic N) is 1. The van der Waals surface area contributed by atoms with Crippen molar-refractivity contribution in [2.45, 2.75) is 26.2 Å². The molecule has 1 atom stereocenters. The summed E-state index contributed by atoms with van der Waals surface area (Å²) in [6, 6.07) is 12.7. The van der Waals surface area contributed by atoms with Crippen LogP contribution in [0.25, 0.3) is 10.8 Å². The van der Waals surface area contributed by atoms with Crippen molar-refractivity contribution in [1.29, 1.82) is 0 Å². The second-order valence-electron chi connectivity index (χ2n) is 6.39. The number of ketones is 1. The summed E-state index contributed by atoms with van der Waals surface area (Å²) < 4.78 is 19.3. The van der Waals surface area contributed by atoms with Crippen molar-refractivity contribution in [2.75, 3.05) is 6.61 Å². The second-order valence-corrected chi connectivity index (χ2v) is 6.39. The fraction of sp³-hybridized carbons (Fsp3) is 0.227. The Labute approximate surface area is 157 Å². The van der Waals surface area contributed by atoms with Crippen LogP contribution in [0.2, 0.25) is 0 Å². The van der Waals surface area contributed by atoms with Crippen LogP contribution in [0.1, 0.15) is 40.7 Å². The smallest absolute Gasteiger partial charge is 0.306 e. The van der Waals surface area contributed by atoms with Crippen LogP contribution in [-0.2, 0) is 9.53 Å². The zero-order valence-corrected chi connectivity index (χ0v) is 15.2. The number of hydrogen-bond acceptors (Lipinski definition) is 4. The highest BCUT2D eigenvalue weighted by molar-refractivity contribution is 6.05. The van der Waals surface area contributed by atoms with Gasteiger partial charge < -0.3 is 4.74 Å². The molecule has 3 rings (SSSR count). The molecule has 0 saturated carbocycles. The van der Waals surface area contributed by atoms with Crippen molar-refractivity contribution in [3.8, 4) is 0 Å². The summed E-state index contributed by atoms with van der Waals surface area (Å²) in [6.07, 6.45) is 2.23. The molecule has 0 bridgehead atoms. The summed E-state index contributed by atoms with van der Waals surface area (Å²) in [6.45, 7) is 3.87. The number of halogens is 1. The molecule has 1 unspecified atom stereocenters. The Hall–Kier alpha value is -3.08. The molecule has 138 valence electrons. The van der Waals surface area contributed by atoms with Crippen LogP contribution in [0.15, 0.2) is 54.9 Å². The molecule has 0 amide bonds. The van der Waals surface area contributed by atoms with Crippen LogP contribution in [0.5, 0.6) is 0 Å². The van der Waals surface area contributed by atoms with Gasteiger partial charge in [0.05, 0.1) is 25.1 Å². The summed E-state index contributed by atoms with van der Waals surface area (Å²) in [5.74, 6) is -2.44. The van der Waals surface area contributed by atoms with Crippen molar-refractivity contribution in [2.24, 2.45) is 0 Å². The molecule has 0 N–H and O–H groups in total. The zero-order chi connectivity index (χ0) is 19.4. The lowest BCUT2D eigenvalue weighted by Gasteiger charge is -2.16. The molecule has 0 aliphatic heterocycles. The number of carbonyl (C=O) groups is 2. The first-order valence-electron chi connectivity index (χ1n) is 8.79. The van der Waals surface area contributed by atoms with Crippen LogP contribution >= 0.6 is 0 Å². The Balaban J connectivity index is 2.02. The van der Waals surface area contributed by atoms with Crippen molar-refractivity contribution >= 4 is 22.5 Å². The average molecular weight is 365 g/mol. The van der Waals surface area contributed by atoms with E-state index in [1.807, 2.05) is 31.2 Å². The fourth-order valence-corrected chi connectivity index (χ4v) is 3.12. The largest absolute Gasteiger partial charge is 0.466 e. The maximum absolute atomic E-state index is 14.3. The van der Waals surface area contributed by atoms with Crippen molar-refractivity contribution in [3.63, 3.8) is 0 Å². The molecule has 1 aromatic heterocycles. The van der Waals surface area contributed by atoms with Crippen LogP contribution in [0.3, 0.4) is 0 Å². The highest BCUT2D eigenvalue weighted by Gasteiger charge is 2.28. The minimum absolute atomic E-state index is 0.146. The second kappa shape index (κ2) is 8.08. The molecule has 5 heteroatoms. The quantitative estimate of drug-likeness (QED) is 0.473. The van der Waals surface area contributed by atoms with Crippen molar-refractivity contribution in [1.82, 2.24) is 4.98 Å². The van der Waals surface area contributed by atoms with Gasteiger partial charge in [0.2, 0.25) is 0 Å². The van der Waals surface area contributed by atoms with Gasteiger partial charge in [-0.15, -0.1) is 0 Å². The number of benzene rings is 2. The monoisotopic (exact) mass is 365 g/mol. The van der Waals surface area contributed by atoms with E-state index in [4.69, 9.17) is 4.74 Å². The van der Waals surface area contributed by atoms with Gasteiger partial charge in [-0.2, -0.15) is 0 Å². The normalized spacial score (nSPS) is 12.0. The van der Waals surface area contributed by atoms with Gasteiger partial charge in [-0.25, -0.2) is 4.39 Å². The molecule has 0 aliphatic carbocycles. The van der Waals surface area contributed by atoms with Gasteiger partial charge in [0, 0.05) is 17.3 Å². The van der Waals surface area contributed by atoms with E-state index in [1.165, 1.54) is 12.3 Å². The van der Waals surface area contributed by atoms with Crippen LogP contribution in [-0.4, -0.2) is 23.3 Å². The molecule has 1 heterocycles. The van der Waals surface area contributed by atoms with Crippen molar-refractivity contribution < 1.29 is 18.7 Å². The molecule has 3 aromatic rings. The maximum Gasteiger partial charge on any atom is 0.306 e. The first-order valence-corrected chi connectivity index (χ1v) is 8.79. The highest BCUT2D eigenvalue weighted by atomic mass is 19.1. The summed E-state index contributed by atoms with van der Waals surface area (Å²) in [7, 11) is 0. The molecule has 0 saturated heterocycles. The van der Waals surface area contributed by atoms with Gasteiger partial charge in [-0.1, -0.05) is 35.9 Å². The third-order valence-corrected chi connectivity index (χ3v) is 4.45. The molecule has 0 radical (unpaired) electrons. The summed E-state index contributed by atoms with van der Waals surface area (Å²) >= 11 is 0. The van der Waals surface area contributed by atoms with E-state index in [0.717, 1.165) is 22.5 Å². The molecule has 2 aromatic carbocycles. The lowest BCUT2D eigenvalue weighted by atomic mass is 9.87. The fourth-order valence-electron chi connectivity index (χ4n) is 3.12. The Morgan fingerprint density at radius 2 is 1.89 bits per heavy atom. The Bertz CT molecular complexity index is 1000. The molecular weight excluding hydrogens is 345 g/mol. The molecule has 27 heavy (non-hydrogen) atoms. The number of hydrogen-bond donors (Lipinski definition) is 0. The van der Waals surface area contributed by atoms with E-state index in [1.54, 1.807) is 19.1 Å². The van der Waals surface area contributed by atoms with Crippen LogP contribution < -0.4 is 0 Å². The van der Waals surface area contributed by atoms with Gasteiger partial charge in [-0.3, -0.25) is 14.6 Å². The van der Waals surface area contributed by atoms with E-state index in [0.29, 0.717) is 5.56 Å². The van der Waals surface area contributed by atoms with Crippen molar-refractivity contribution in [3.05, 3.63) is 77.4 Å². The predicted molar refractivity (Wildman–Crippen MR) is 101 cm³/mol. The lowest BCUT2D eigenvalue weighted by molar-refractivity contribution is -0.143. The third kappa shape index (κ3) is 4.19. The Morgan fingerprint density at radius 1 is 1.11 bits per heavy atom. The minimum Gasteiger partial charge on any atom is -0.466 e. The van der Waals surface area contributed by atoms with Gasteiger partial charge in [0.25, 0.3) is 0 Å². The standard InChI is InChI=1S/C22H20FNO3/c1-3-27-21(25)12-19(18-8-9-24-13-20(18)23)22(26)16-7-6-15-5-4-14(2)10-17(15)11-16/h4-11,13,19H,3,12H2,1-2H3. The number of ether oxygens (including phenoxy) is 1. The van der Waals surface area contributed by atoms with E-state index >= 15 is 0 Å². The molecule has 0 fully saturated rings. The van der Waals surface area contributed by atoms with Gasteiger partial charge in [0.15, 0.2) is 5.78 Å². The third-order valence-electron chi connectivity index (χ3n) is 4.45. The number of fused-ring (bicyclic) bond motifs is 1. The maximum atomic E-state index is 14.3. The van der Waals surface area contributed by atoms with Crippen LogP contribution in [0, 0.1) is 12.7 Å². The van der Waals surface area contributed by atoms with Gasteiger partial charge in [0.1, 0.15) is 5.82 Å². The Kier molecular flexibility index (Phi) is 5.60. The number of esters is 1. The topological polar surface area (TPSA) is 56.3 Å². The molecule has 0 aliphatic rings. The number of aryl methyl sites for hydroxylation is 1. The number of carbonyl (C=O) groups excluding carboxylic acids is 2. The van der Waals surface area contributed by atoms with E-state index < -0.39 is 17.7 Å². The SMILES string of the molecule is CCOC(=O)CC(C(=O)c1ccc2ccc(C)cc2c1)c1ccncc1F. The molecule has 4 nitrogen and oxygen atoms in total. The molecule has 0 spiro atoms. The predicted octanol–water partition coefficient (Wildman–Crippen LogP) is 4.60. The van der Waals surface area contributed by atoms with E-state index in [9.17, 15) is 14.0 Å². The summed E-state index contributed by atoms with van der Waals surface area (Å²) in [5.41, 5.74) is 1.65. The summed E-state index contributed by atoms with van der Waals surface area (Å²) in [5, 5.41) is 1.93. The number of aromatic nitrogens is 1.